The third kappa shape index (κ3) is 5.39. The van der Waals surface area contributed by atoms with Gasteiger partial charge in [-0.25, -0.2) is 4.79 Å². The van der Waals surface area contributed by atoms with E-state index in [2.05, 4.69) is 0 Å². The molecule has 11 heteroatoms. The highest BCUT2D eigenvalue weighted by Crippen LogP contribution is 2.35. The molecule has 0 aliphatic rings. The fourth-order valence-corrected chi connectivity index (χ4v) is 2.36. The number of benzene rings is 2. The standard InChI is InChI=1S/C18H13F3N2O5S/c1-10(29-2)27-17(24)14-8-13(4-5-15(14)23(25)26)28-16-6-3-12(18(19,20)21)7-11(16)9-22/h3-8,10H,1-2H3. The quantitative estimate of drug-likeness (QED) is 0.273. The minimum Gasteiger partial charge on any atom is -0.456 e. The van der Waals surface area contributed by atoms with E-state index in [9.17, 15) is 28.1 Å². The molecule has 2 rings (SSSR count). The lowest BCUT2D eigenvalue weighted by Crippen LogP contribution is -2.13. The molecule has 0 amide bonds. The molecule has 0 aromatic heterocycles. The molecule has 0 saturated carbocycles. The van der Waals surface area contributed by atoms with Crippen LogP contribution in [0.4, 0.5) is 18.9 Å². The first kappa shape index (κ1) is 22.0. The minimum absolute atomic E-state index is 0.0874. The molecule has 152 valence electrons. The molecule has 2 aromatic rings. The van der Waals surface area contributed by atoms with Crippen molar-refractivity contribution in [3.63, 3.8) is 0 Å². The van der Waals surface area contributed by atoms with Gasteiger partial charge >= 0.3 is 12.1 Å². The number of halogens is 3. The van der Waals surface area contributed by atoms with Crippen molar-refractivity contribution in [3.8, 4) is 17.6 Å². The summed E-state index contributed by atoms with van der Waals surface area (Å²) in [6.07, 6.45) is -2.96. The summed E-state index contributed by atoms with van der Waals surface area (Å²) in [4.78, 5) is 22.7. The van der Waals surface area contributed by atoms with Gasteiger partial charge in [0, 0.05) is 12.1 Å². The number of carbonyl (C=O) groups excluding carboxylic acids is 1. The average molecular weight is 426 g/mol. The van der Waals surface area contributed by atoms with E-state index >= 15 is 0 Å². The summed E-state index contributed by atoms with van der Waals surface area (Å²) >= 11 is 1.20. The first-order valence-corrected chi connectivity index (χ1v) is 9.17. The van der Waals surface area contributed by atoms with Crippen LogP contribution in [0.5, 0.6) is 11.5 Å². The Labute approximate surface area is 167 Å². The Hall–Kier alpha value is -3.26. The number of hydrogen-bond acceptors (Lipinski definition) is 7. The second kappa shape index (κ2) is 8.83. The Morgan fingerprint density at radius 2 is 1.97 bits per heavy atom. The largest absolute Gasteiger partial charge is 0.456 e. The molecule has 0 heterocycles. The van der Waals surface area contributed by atoms with Gasteiger partial charge < -0.3 is 9.47 Å². The van der Waals surface area contributed by atoms with Gasteiger partial charge in [-0.3, -0.25) is 10.1 Å². The number of hydrogen-bond donors (Lipinski definition) is 0. The summed E-state index contributed by atoms with van der Waals surface area (Å²) in [5, 5.41) is 20.3. The van der Waals surface area contributed by atoms with Crippen molar-refractivity contribution < 1.29 is 32.4 Å². The van der Waals surface area contributed by atoms with Crippen LogP contribution in [0.3, 0.4) is 0 Å². The molecule has 29 heavy (non-hydrogen) atoms. The number of nitro groups is 1. The van der Waals surface area contributed by atoms with E-state index in [1.165, 1.54) is 11.8 Å². The van der Waals surface area contributed by atoms with Crippen molar-refractivity contribution in [1.29, 1.82) is 5.26 Å². The van der Waals surface area contributed by atoms with Crippen molar-refractivity contribution in [2.24, 2.45) is 0 Å². The smallest absolute Gasteiger partial charge is 0.416 e. The maximum atomic E-state index is 12.8. The SMILES string of the molecule is CSC(C)OC(=O)c1cc(Oc2ccc(C(F)(F)F)cc2C#N)ccc1[N+](=O)[O-]. The van der Waals surface area contributed by atoms with E-state index in [1.54, 1.807) is 19.2 Å². The normalized spacial score (nSPS) is 12.0. The van der Waals surface area contributed by atoms with Crippen molar-refractivity contribution in [2.45, 2.75) is 18.5 Å². The molecule has 7 nitrogen and oxygen atoms in total. The molecule has 0 saturated heterocycles. The van der Waals surface area contributed by atoms with Crippen LogP contribution in [0.25, 0.3) is 0 Å². The van der Waals surface area contributed by atoms with Crippen LogP contribution in [0.15, 0.2) is 36.4 Å². The number of nitro benzene ring substituents is 1. The molecular formula is C18H13F3N2O5S. The van der Waals surface area contributed by atoms with Gasteiger partial charge in [0.05, 0.1) is 16.1 Å². The number of alkyl halides is 3. The minimum atomic E-state index is -4.64. The molecule has 1 atom stereocenters. The maximum absolute atomic E-state index is 12.8. The highest BCUT2D eigenvalue weighted by Gasteiger charge is 2.31. The summed E-state index contributed by atoms with van der Waals surface area (Å²) in [7, 11) is 0. The number of thioether (sulfide) groups is 1. The highest BCUT2D eigenvalue weighted by molar-refractivity contribution is 7.99. The molecule has 0 aliphatic carbocycles. The molecule has 0 fully saturated rings. The zero-order valence-electron chi connectivity index (χ0n) is 15.0. The molecule has 1 unspecified atom stereocenters. The Morgan fingerprint density at radius 1 is 1.28 bits per heavy atom. The molecule has 0 bridgehead atoms. The Kier molecular flexibility index (Phi) is 6.71. The second-order valence-electron chi connectivity index (χ2n) is 5.57. The number of esters is 1. The van der Waals surface area contributed by atoms with E-state index in [-0.39, 0.29) is 17.1 Å². The Bertz CT molecular complexity index is 988. The number of ether oxygens (including phenoxy) is 2. The number of carbonyl (C=O) groups is 1. The molecule has 0 radical (unpaired) electrons. The lowest BCUT2D eigenvalue weighted by Gasteiger charge is -2.13. The zero-order valence-corrected chi connectivity index (χ0v) is 15.8. The monoisotopic (exact) mass is 426 g/mol. The van der Waals surface area contributed by atoms with Crippen LogP contribution in [-0.2, 0) is 10.9 Å². The van der Waals surface area contributed by atoms with Gasteiger partial charge in [-0.15, -0.1) is 11.8 Å². The van der Waals surface area contributed by atoms with Crippen molar-refractivity contribution in [1.82, 2.24) is 0 Å². The third-order valence-corrected chi connectivity index (χ3v) is 4.40. The van der Waals surface area contributed by atoms with E-state index in [4.69, 9.17) is 14.7 Å². The summed E-state index contributed by atoms with van der Waals surface area (Å²) in [6, 6.07) is 7.11. The molecule has 0 spiro atoms. The first-order valence-electron chi connectivity index (χ1n) is 7.88. The van der Waals surface area contributed by atoms with Gasteiger partial charge in [-0.1, -0.05) is 0 Å². The average Bonchev–Trinajstić information content (AvgIpc) is 2.66. The molecule has 0 N–H and O–H groups in total. The van der Waals surface area contributed by atoms with Crippen LogP contribution >= 0.6 is 11.8 Å². The van der Waals surface area contributed by atoms with Crippen molar-refractivity contribution >= 4 is 23.4 Å². The van der Waals surface area contributed by atoms with Gasteiger partial charge in [0.15, 0.2) is 0 Å². The number of nitrogens with zero attached hydrogens (tertiary/aromatic N) is 2. The Balaban J connectivity index is 2.42. The maximum Gasteiger partial charge on any atom is 0.416 e. The van der Waals surface area contributed by atoms with Crippen LogP contribution < -0.4 is 4.74 Å². The summed E-state index contributed by atoms with van der Waals surface area (Å²) < 4.78 is 48.8. The van der Waals surface area contributed by atoms with Gasteiger partial charge in [-0.05, 0) is 37.4 Å². The predicted molar refractivity (Wildman–Crippen MR) is 97.7 cm³/mol. The predicted octanol–water partition coefficient (Wildman–Crippen LogP) is 5.14. The second-order valence-corrected chi connectivity index (χ2v) is 6.70. The summed E-state index contributed by atoms with van der Waals surface area (Å²) in [5.74, 6) is -1.25. The van der Waals surface area contributed by atoms with Crippen LogP contribution in [0, 0.1) is 21.4 Å². The molecular weight excluding hydrogens is 413 g/mol. The lowest BCUT2D eigenvalue weighted by molar-refractivity contribution is -0.385. The molecule has 2 aromatic carbocycles. The van der Waals surface area contributed by atoms with Crippen molar-refractivity contribution in [2.75, 3.05) is 6.26 Å². The third-order valence-electron chi connectivity index (χ3n) is 3.64. The van der Waals surface area contributed by atoms with Crippen LogP contribution in [0.1, 0.15) is 28.4 Å². The topological polar surface area (TPSA) is 102 Å². The van der Waals surface area contributed by atoms with Crippen LogP contribution in [0.2, 0.25) is 0 Å². The van der Waals surface area contributed by atoms with Gasteiger partial charge in [0.2, 0.25) is 0 Å². The van der Waals surface area contributed by atoms with E-state index in [0.717, 1.165) is 30.3 Å². The van der Waals surface area contributed by atoms with Crippen LogP contribution in [-0.4, -0.2) is 22.6 Å². The first-order chi connectivity index (χ1) is 13.6. The van der Waals surface area contributed by atoms with Gasteiger partial charge in [-0.2, -0.15) is 18.4 Å². The number of nitriles is 1. The van der Waals surface area contributed by atoms with E-state index in [0.29, 0.717) is 6.07 Å². The number of rotatable bonds is 6. The Morgan fingerprint density at radius 3 is 2.52 bits per heavy atom. The van der Waals surface area contributed by atoms with Gasteiger partial charge in [0.1, 0.15) is 28.6 Å². The summed E-state index contributed by atoms with van der Waals surface area (Å²) in [5.41, 5.74) is -2.90. The highest BCUT2D eigenvalue weighted by atomic mass is 32.2. The fraction of sp³-hybridized carbons (Fsp3) is 0.222. The van der Waals surface area contributed by atoms with Crippen molar-refractivity contribution in [3.05, 3.63) is 63.2 Å². The zero-order chi connectivity index (χ0) is 21.8. The fourth-order valence-electron chi connectivity index (χ4n) is 2.17. The van der Waals surface area contributed by atoms with Gasteiger partial charge in [0.25, 0.3) is 5.69 Å². The molecule has 0 aliphatic heterocycles. The summed E-state index contributed by atoms with van der Waals surface area (Å²) in [6.45, 7) is 1.58. The lowest BCUT2D eigenvalue weighted by atomic mass is 10.1. The van der Waals surface area contributed by atoms with E-state index < -0.39 is 39.3 Å². The van der Waals surface area contributed by atoms with E-state index in [1.807, 2.05) is 0 Å².